The highest BCUT2D eigenvalue weighted by Gasteiger charge is 2.40. The van der Waals surface area contributed by atoms with E-state index in [2.05, 4.69) is 0 Å². The first-order chi connectivity index (χ1) is 9.34. The van der Waals surface area contributed by atoms with Crippen molar-refractivity contribution in [2.75, 3.05) is 5.73 Å². The SMILES string of the molecule is Nc1c(C(F)(F)F)cc(CC(N)C(=O)O)cc1C(F)(F)F. The number of nitrogen functional groups attached to an aromatic ring is 1. The van der Waals surface area contributed by atoms with Crippen LogP contribution in [0.25, 0.3) is 0 Å². The number of nitrogens with two attached hydrogens (primary N) is 2. The molecule has 0 aliphatic carbocycles. The van der Waals surface area contributed by atoms with Crippen LogP contribution in [0.15, 0.2) is 12.1 Å². The molecular formula is C11H10F6N2O2. The predicted octanol–water partition coefficient (Wildman–Crippen LogP) is 2.26. The molecule has 0 fully saturated rings. The highest BCUT2D eigenvalue weighted by atomic mass is 19.4. The fourth-order valence-electron chi connectivity index (χ4n) is 1.64. The first-order valence-corrected chi connectivity index (χ1v) is 5.39. The van der Waals surface area contributed by atoms with Gasteiger partial charge in [-0.1, -0.05) is 0 Å². The van der Waals surface area contributed by atoms with E-state index < -0.39 is 53.2 Å². The molecule has 0 radical (unpaired) electrons. The van der Waals surface area contributed by atoms with Crippen molar-refractivity contribution in [3.63, 3.8) is 0 Å². The molecule has 118 valence electrons. The van der Waals surface area contributed by atoms with E-state index >= 15 is 0 Å². The molecule has 0 amide bonds. The van der Waals surface area contributed by atoms with E-state index in [-0.39, 0.29) is 0 Å². The number of aliphatic carboxylic acids is 1. The van der Waals surface area contributed by atoms with Crippen molar-refractivity contribution in [2.24, 2.45) is 5.73 Å². The molecule has 0 saturated carbocycles. The highest BCUT2D eigenvalue weighted by molar-refractivity contribution is 5.73. The Morgan fingerprint density at radius 2 is 1.48 bits per heavy atom. The van der Waals surface area contributed by atoms with Crippen LogP contribution in [0.3, 0.4) is 0 Å². The molecule has 1 rings (SSSR count). The van der Waals surface area contributed by atoms with Crippen molar-refractivity contribution in [2.45, 2.75) is 24.8 Å². The molecule has 1 aromatic carbocycles. The van der Waals surface area contributed by atoms with Crippen molar-refractivity contribution in [1.82, 2.24) is 0 Å². The van der Waals surface area contributed by atoms with Gasteiger partial charge >= 0.3 is 18.3 Å². The standard InChI is InChI=1S/C11H10F6N2O2/c12-10(13,14)5-1-4(3-7(18)9(20)21)2-6(8(5)19)11(15,16)17/h1-2,7H,3,18-19H2,(H,20,21). The van der Waals surface area contributed by atoms with Crippen LogP contribution < -0.4 is 11.5 Å². The normalized spacial score (nSPS) is 14.0. The van der Waals surface area contributed by atoms with Crippen LogP contribution in [-0.4, -0.2) is 17.1 Å². The Kier molecular flexibility index (Phi) is 4.42. The van der Waals surface area contributed by atoms with Crippen LogP contribution in [0.1, 0.15) is 16.7 Å². The van der Waals surface area contributed by atoms with Crippen molar-refractivity contribution < 1.29 is 36.2 Å². The third-order valence-electron chi connectivity index (χ3n) is 2.62. The Balaban J connectivity index is 3.44. The third kappa shape index (κ3) is 4.00. The maximum Gasteiger partial charge on any atom is 0.418 e. The van der Waals surface area contributed by atoms with Gasteiger partial charge in [0.15, 0.2) is 0 Å². The Labute approximate surface area is 114 Å². The van der Waals surface area contributed by atoms with Gasteiger partial charge in [0, 0.05) is 0 Å². The Hall–Kier alpha value is -1.97. The van der Waals surface area contributed by atoms with Crippen molar-refractivity contribution in [3.05, 3.63) is 28.8 Å². The molecule has 0 aliphatic rings. The average molecular weight is 316 g/mol. The molecular weight excluding hydrogens is 306 g/mol. The predicted molar refractivity (Wildman–Crippen MR) is 60.2 cm³/mol. The number of alkyl halides is 6. The average Bonchev–Trinajstić information content (AvgIpc) is 2.27. The van der Waals surface area contributed by atoms with Crippen LogP contribution in [0.2, 0.25) is 0 Å². The summed E-state index contributed by atoms with van der Waals surface area (Å²) in [5.41, 5.74) is 4.72. The summed E-state index contributed by atoms with van der Waals surface area (Å²) in [7, 11) is 0. The van der Waals surface area contributed by atoms with E-state index in [1.807, 2.05) is 0 Å². The molecule has 0 saturated heterocycles. The maximum absolute atomic E-state index is 12.7. The summed E-state index contributed by atoms with van der Waals surface area (Å²) in [5, 5.41) is 8.56. The molecule has 10 heteroatoms. The van der Waals surface area contributed by atoms with Gasteiger partial charge in [-0.15, -0.1) is 0 Å². The number of halogens is 6. The fourth-order valence-corrected chi connectivity index (χ4v) is 1.64. The topological polar surface area (TPSA) is 89.3 Å². The number of carboxylic acid groups (broad SMARTS) is 1. The van der Waals surface area contributed by atoms with Gasteiger partial charge in [-0.25, -0.2) is 0 Å². The molecule has 0 spiro atoms. The molecule has 0 aliphatic heterocycles. The molecule has 0 heterocycles. The van der Waals surface area contributed by atoms with Gasteiger partial charge in [0.2, 0.25) is 0 Å². The number of hydrogen-bond donors (Lipinski definition) is 3. The molecule has 4 nitrogen and oxygen atoms in total. The number of benzene rings is 1. The summed E-state index contributed by atoms with van der Waals surface area (Å²) in [4.78, 5) is 10.5. The molecule has 1 atom stereocenters. The van der Waals surface area contributed by atoms with Gasteiger partial charge in [-0.05, 0) is 24.1 Å². The van der Waals surface area contributed by atoms with Gasteiger partial charge in [0.25, 0.3) is 0 Å². The van der Waals surface area contributed by atoms with Gasteiger partial charge in [-0.3, -0.25) is 4.79 Å². The minimum absolute atomic E-state index is 0.368. The van der Waals surface area contributed by atoms with E-state index in [0.29, 0.717) is 12.1 Å². The number of rotatable bonds is 3. The Morgan fingerprint density at radius 1 is 1.10 bits per heavy atom. The summed E-state index contributed by atoms with van der Waals surface area (Å²) in [6, 6.07) is -0.892. The van der Waals surface area contributed by atoms with Gasteiger partial charge in [0.05, 0.1) is 16.8 Å². The monoisotopic (exact) mass is 316 g/mol. The molecule has 0 bridgehead atoms. The summed E-state index contributed by atoms with van der Waals surface area (Å²) in [6.07, 6.45) is -10.9. The second-order valence-electron chi connectivity index (χ2n) is 4.25. The number of anilines is 1. The molecule has 0 aromatic heterocycles. The van der Waals surface area contributed by atoms with Gasteiger partial charge in [0.1, 0.15) is 6.04 Å². The van der Waals surface area contributed by atoms with Crippen molar-refractivity contribution in [3.8, 4) is 0 Å². The van der Waals surface area contributed by atoms with Crippen LogP contribution in [0, 0.1) is 0 Å². The molecule has 21 heavy (non-hydrogen) atoms. The maximum atomic E-state index is 12.7. The second-order valence-corrected chi connectivity index (χ2v) is 4.25. The molecule has 1 unspecified atom stereocenters. The van der Waals surface area contributed by atoms with Crippen LogP contribution in [-0.2, 0) is 23.6 Å². The molecule has 1 aromatic rings. The van der Waals surface area contributed by atoms with Crippen molar-refractivity contribution in [1.29, 1.82) is 0 Å². The van der Waals surface area contributed by atoms with E-state index in [4.69, 9.17) is 16.6 Å². The lowest BCUT2D eigenvalue weighted by Gasteiger charge is -2.18. The van der Waals surface area contributed by atoms with E-state index in [0.717, 1.165) is 0 Å². The first kappa shape index (κ1) is 17.1. The number of carboxylic acids is 1. The quantitative estimate of drug-likeness (QED) is 0.589. The van der Waals surface area contributed by atoms with Crippen LogP contribution in [0.5, 0.6) is 0 Å². The zero-order chi connectivity index (χ0) is 16.6. The highest BCUT2D eigenvalue weighted by Crippen LogP contribution is 2.42. The lowest BCUT2D eigenvalue weighted by Crippen LogP contribution is -2.32. The minimum atomic E-state index is -5.10. The number of hydrogen-bond acceptors (Lipinski definition) is 3. The van der Waals surface area contributed by atoms with Gasteiger partial charge < -0.3 is 16.6 Å². The minimum Gasteiger partial charge on any atom is -0.480 e. The second kappa shape index (κ2) is 5.43. The van der Waals surface area contributed by atoms with E-state index in [1.165, 1.54) is 0 Å². The fraction of sp³-hybridized carbons (Fsp3) is 0.364. The smallest absolute Gasteiger partial charge is 0.418 e. The largest absolute Gasteiger partial charge is 0.480 e. The zero-order valence-corrected chi connectivity index (χ0v) is 10.2. The van der Waals surface area contributed by atoms with E-state index in [1.54, 1.807) is 0 Å². The Bertz CT molecular complexity index is 518. The summed E-state index contributed by atoms with van der Waals surface area (Å²) < 4.78 is 76.2. The molecule has 5 N–H and O–H groups in total. The van der Waals surface area contributed by atoms with E-state index in [9.17, 15) is 31.1 Å². The Morgan fingerprint density at radius 3 is 1.76 bits per heavy atom. The van der Waals surface area contributed by atoms with Crippen molar-refractivity contribution >= 4 is 11.7 Å². The van der Waals surface area contributed by atoms with Gasteiger partial charge in [-0.2, -0.15) is 26.3 Å². The summed E-state index contributed by atoms with van der Waals surface area (Å²) >= 11 is 0. The zero-order valence-electron chi connectivity index (χ0n) is 10.2. The van der Waals surface area contributed by atoms with Crippen LogP contribution >= 0.6 is 0 Å². The van der Waals surface area contributed by atoms with Crippen LogP contribution in [0.4, 0.5) is 32.0 Å². The third-order valence-corrected chi connectivity index (χ3v) is 2.62. The first-order valence-electron chi connectivity index (χ1n) is 5.39. The lowest BCUT2D eigenvalue weighted by molar-refractivity contribution is -0.141. The lowest BCUT2D eigenvalue weighted by atomic mass is 9.98. The summed E-state index contributed by atoms with van der Waals surface area (Å²) in [5.74, 6) is -1.55. The summed E-state index contributed by atoms with van der Waals surface area (Å²) in [6.45, 7) is 0. The number of carbonyl (C=O) groups is 1.